The Balaban J connectivity index is 2.61. The van der Waals surface area contributed by atoms with Crippen molar-refractivity contribution in [3.63, 3.8) is 0 Å². The summed E-state index contributed by atoms with van der Waals surface area (Å²) in [6.45, 7) is 10.3. The largest absolute Gasteiger partial charge is 0.396 e. The van der Waals surface area contributed by atoms with E-state index >= 15 is 0 Å². The summed E-state index contributed by atoms with van der Waals surface area (Å²) in [5.41, 5.74) is 1.58. The molecule has 0 aromatic heterocycles. The third kappa shape index (κ3) is 5.75. The van der Waals surface area contributed by atoms with Gasteiger partial charge in [0.1, 0.15) is 0 Å². The van der Waals surface area contributed by atoms with Crippen molar-refractivity contribution in [3.8, 4) is 0 Å². The van der Waals surface area contributed by atoms with Crippen LogP contribution in [0.3, 0.4) is 0 Å². The molecular formula is C17H29NO. The van der Waals surface area contributed by atoms with Crippen LogP contribution in [0.25, 0.3) is 0 Å². The van der Waals surface area contributed by atoms with Gasteiger partial charge in [-0.05, 0) is 29.7 Å². The van der Waals surface area contributed by atoms with Crippen LogP contribution in [-0.4, -0.2) is 18.3 Å². The van der Waals surface area contributed by atoms with E-state index < -0.39 is 0 Å². The molecule has 19 heavy (non-hydrogen) atoms. The number of nitrogens with one attached hydrogen (secondary N) is 1. The van der Waals surface area contributed by atoms with Crippen LogP contribution < -0.4 is 5.32 Å². The smallest absolute Gasteiger partial charge is 0.0431 e. The molecule has 0 bridgehead atoms. The zero-order valence-corrected chi connectivity index (χ0v) is 12.8. The summed E-state index contributed by atoms with van der Waals surface area (Å²) in [6.07, 6.45) is 1.93. The van der Waals surface area contributed by atoms with E-state index in [0.717, 1.165) is 19.4 Å². The highest BCUT2D eigenvalue weighted by atomic mass is 16.2. The average molecular weight is 263 g/mol. The molecule has 0 heterocycles. The Labute approximate surface area is 118 Å². The second kappa shape index (κ2) is 7.66. The number of hydrogen-bond donors (Lipinski definition) is 2. The molecular weight excluding hydrogens is 234 g/mol. The van der Waals surface area contributed by atoms with Gasteiger partial charge in [-0.25, -0.2) is 0 Å². The summed E-state index contributed by atoms with van der Waals surface area (Å²) < 4.78 is 0. The van der Waals surface area contributed by atoms with Gasteiger partial charge < -0.3 is 10.4 Å². The zero-order chi connectivity index (χ0) is 14.3. The predicted octanol–water partition coefficient (Wildman–Crippen LogP) is 3.77. The van der Waals surface area contributed by atoms with Crippen molar-refractivity contribution >= 4 is 0 Å². The molecule has 0 fully saturated rings. The van der Waals surface area contributed by atoms with Gasteiger partial charge in [0.2, 0.25) is 0 Å². The Morgan fingerprint density at radius 2 is 1.79 bits per heavy atom. The fraction of sp³-hybridized carbons (Fsp3) is 0.647. The second-order valence-electron chi connectivity index (χ2n) is 6.50. The molecule has 0 amide bonds. The lowest BCUT2D eigenvalue weighted by molar-refractivity contribution is 0.226. The second-order valence-corrected chi connectivity index (χ2v) is 6.50. The Kier molecular flexibility index (Phi) is 6.53. The monoisotopic (exact) mass is 263 g/mol. The molecule has 108 valence electrons. The topological polar surface area (TPSA) is 32.3 Å². The molecule has 0 spiro atoms. The van der Waals surface area contributed by atoms with Gasteiger partial charge in [0.15, 0.2) is 0 Å². The van der Waals surface area contributed by atoms with Crippen LogP contribution in [0.1, 0.15) is 52.1 Å². The van der Waals surface area contributed by atoms with Crippen LogP contribution in [0.15, 0.2) is 30.3 Å². The highest BCUT2D eigenvalue weighted by molar-refractivity contribution is 5.19. The molecule has 1 rings (SSSR count). The van der Waals surface area contributed by atoms with Gasteiger partial charge in [0.25, 0.3) is 0 Å². The van der Waals surface area contributed by atoms with E-state index in [-0.39, 0.29) is 12.0 Å². The maximum atomic E-state index is 8.95. The van der Waals surface area contributed by atoms with E-state index in [1.807, 2.05) is 0 Å². The third-order valence-corrected chi connectivity index (χ3v) is 3.64. The normalized spacial score (nSPS) is 13.8. The van der Waals surface area contributed by atoms with E-state index in [1.54, 1.807) is 0 Å². The lowest BCUT2D eigenvalue weighted by atomic mass is 9.86. The first-order chi connectivity index (χ1) is 8.96. The first kappa shape index (κ1) is 16.2. The van der Waals surface area contributed by atoms with Gasteiger partial charge >= 0.3 is 0 Å². The lowest BCUT2D eigenvalue weighted by Crippen LogP contribution is -2.34. The maximum Gasteiger partial charge on any atom is 0.0431 e. The molecule has 1 aromatic rings. The molecule has 1 unspecified atom stereocenters. The predicted molar refractivity (Wildman–Crippen MR) is 82.1 cm³/mol. The number of aliphatic hydroxyl groups excluding tert-OH is 1. The van der Waals surface area contributed by atoms with Gasteiger partial charge in [0.05, 0.1) is 0 Å². The molecule has 0 aliphatic rings. The van der Waals surface area contributed by atoms with Crippen LogP contribution in [0.4, 0.5) is 0 Å². The van der Waals surface area contributed by atoms with Gasteiger partial charge in [-0.3, -0.25) is 0 Å². The van der Waals surface area contributed by atoms with E-state index in [0.29, 0.717) is 12.0 Å². The number of rotatable bonds is 8. The van der Waals surface area contributed by atoms with Crippen molar-refractivity contribution in [3.05, 3.63) is 35.9 Å². The van der Waals surface area contributed by atoms with E-state index in [2.05, 4.69) is 63.3 Å². The summed E-state index contributed by atoms with van der Waals surface area (Å²) in [4.78, 5) is 0. The van der Waals surface area contributed by atoms with Gasteiger partial charge in [-0.15, -0.1) is 0 Å². The zero-order valence-electron chi connectivity index (χ0n) is 12.8. The number of hydrogen-bond acceptors (Lipinski definition) is 2. The molecule has 2 N–H and O–H groups in total. The van der Waals surface area contributed by atoms with Gasteiger partial charge in [-0.2, -0.15) is 0 Å². The summed E-state index contributed by atoms with van der Waals surface area (Å²) in [6, 6.07) is 11.0. The molecule has 2 heteroatoms. The van der Waals surface area contributed by atoms with Crippen molar-refractivity contribution < 1.29 is 5.11 Å². The Morgan fingerprint density at radius 1 is 1.16 bits per heavy atom. The van der Waals surface area contributed by atoms with Crippen molar-refractivity contribution in [1.82, 2.24) is 5.32 Å². The average Bonchev–Trinajstić information content (AvgIpc) is 2.37. The minimum Gasteiger partial charge on any atom is -0.396 e. The summed E-state index contributed by atoms with van der Waals surface area (Å²) in [5.74, 6) is 0.566. The SMILES string of the molecule is CC(C)C(NCC(C)(C)CCCO)c1ccccc1. The Hall–Kier alpha value is -0.860. The van der Waals surface area contributed by atoms with Crippen molar-refractivity contribution in [2.45, 2.75) is 46.6 Å². The summed E-state index contributed by atoms with van der Waals surface area (Å²) in [5, 5.41) is 12.7. The molecule has 0 aliphatic heterocycles. The minimum atomic E-state index is 0.227. The van der Waals surface area contributed by atoms with E-state index in [9.17, 15) is 0 Å². The minimum absolute atomic E-state index is 0.227. The van der Waals surface area contributed by atoms with Gasteiger partial charge in [-0.1, -0.05) is 58.0 Å². The summed E-state index contributed by atoms with van der Waals surface area (Å²) in [7, 11) is 0. The number of benzene rings is 1. The molecule has 2 nitrogen and oxygen atoms in total. The highest BCUT2D eigenvalue weighted by Gasteiger charge is 2.21. The molecule has 1 aromatic carbocycles. The summed E-state index contributed by atoms with van der Waals surface area (Å²) >= 11 is 0. The van der Waals surface area contributed by atoms with Gasteiger partial charge in [0, 0.05) is 19.2 Å². The van der Waals surface area contributed by atoms with Crippen molar-refractivity contribution in [2.24, 2.45) is 11.3 Å². The van der Waals surface area contributed by atoms with Crippen LogP contribution in [0.2, 0.25) is 0 Å². The first-order valence-corrected chi connectivity index (χ1v) is 7.35. The molecule has 0 radical (unpaired) electrons. The highest BCUT2D eigenvalue weighted by Crippen LogP contribution is 2.26. The fourth-order valence-corrected chi connectivity index (χ4v) is 2.43. The Bertz CT molecular complexity index is 346. The molecule has 0 saturated carbocycles. The molecule has 0 aliphatic carbocycles. The molecule has 0 saturated heterocycles. The lowest BCUT2D eigenvalue weighted by Gasteiger charge is -2.30. The molecule has 1 atom stereocenters. The maximum absolute atomic E-state index is 8.95. The first-order valence-electron chi connectivity index (χ1n) is 7.35. The van der Waals surface area contributed by atoms with E-state index in [1.165, 1.54) is 5.56 Å². The van der Waals surface area contributed by atoms with Crippen molar-refractivity contribution in [2.75, 3.05) is 13.2 Å². The van der Waals surface area contributed by atoms with Crippen LogP contribution in [0.5, 0.6) is 0 Å². The van der Waals surface area contributed by atoms with E-state index in [4.69, 9.17) is 5.11 Å². The number of aliphatic hydroxyl groups is 1. The fourth-order valence-electron chi connectivity index (χ4n) is 2.43. The van der Waals surface area contributed by atoms with Crippen LogP contribution >= 0.6 is 0 Å². The van der Waals surface area contributed by atoms with Crippen LogP contribution in [-0.2, 0) is 0 Å². The van der Waals surface area contributed by atoms with Crippen LogP contribution in [0, 0.1) is 11.3 Å². The Morgan fingerprint density at radius 3 is 2.32 bits per heavy atom. The third-order valence-electron chi connectivity index (χ3n) is 3.64. The quantitative estimate of drug-likeness (QED) is 0.748. The van der Waals surface area contributed by atoms with Crippen molar-refractivity contribution in [1.29, 1.82) is 0 Å². The standard InChI is InChI=1S/C17H29NO/c1-14(2)16(15-9-6-5-7-10-15)18-13-17(3,4)11-8-12-19/h5-7,9-10,14,16,18-19H,8,11-13H2,1-4H3.